The number of anilines is 1. The third kappa shape index (κ3) is 5.03. The van der Waals surface area contributed by atoms with E-state index in [1.807, 2.05) is 0 Å². The van der Waals surface area contributed by atoms with Gasteiger partial charge in [0.15, 0.2) is 11.5 Å². The molecule has 1 atom stereocenters. The van der Waals surface area contributed by atoms with Crippen molar-refractivity contribution >= 4 is 23.3 Å². The van der Waals surface area contributed by atoms with Crippen molar-refractivity contribution in [3.05, 3.63) is 83.8 Å². The second kappa shape index (κ2) is 10.4. The Hall–Kier alpha value is -3.87. The van der Waals surface area contributed by atoms with Gasteiger partial charge in [-0.25, -0.2) is 0 Å². The van der Waals surface area contributed by atoms with Crippen LogP contribution >= 0.6 is 0 Å². The zero-order valence-electron chi connectivity index (χ0n) is 19.3. The monoisotopic (exact) mass is 460 g/mol. The van der Waals surface area contributed by atoms with Gasteiger partial charge < -0.3 is 14.5 Å². The number of benzene rings is 2. The van der Waals surface area contributed by atoms with Gasteiger partial charge in [0.25, 0.3) is 5.91 Å². The van der Waals surface area contributed by atoms with Crippen LogP contribution in [0, 0.1) is 0 Å². The SMILES string of the molecule is COc1cccc(C(C(=O)NC2CCCC2)N(C(=O)c2ccco2)c2ccc(C(C)=O)cc2)c1. The second-order valence-corrected chi connectivity index (χ2v) is 8.42. The maximum absolute atomic E-state index is 13.7. The highest BCUT2D eigenvalue weighted by atomic mass is 16.5. The highest BCUT2D eigenvalue weighted by Crippen LogP contribution is 2.32. The molecule has 7 heteroatoms. The predicted octanol–water partition coefficient (Wildman–Crippen LogP) is 4.94. The van der Waals surface area contributed by atoms with E-state index in [0.29, 0.717) is 22.6 Å². The van der Waals surface area contributed by atoms with Gasteiger partial charge in [0.1, 0.15) is 11.8 Å². The number of ether oxygens (including phenoxy) is 1. The van der Waals surface area contributed by atoms with E-state index >= 15 is 0 Å². The Balaban J connectivity index is 1.82. The zero-order chi connectivity index (χ0) is 24.1. The molecule has 0 saturated heterocycles. The summed E-state index contributed by atoms with van der Waals surface area (Å²) in [6.07, 6.45) is 5.38. The summed E-state index contributed by atoms with van der Waals surface area (Å²) in [5, 5.41) is 3.14. The van der Waals surface area contributed by atoms with E-state index < -0.39 is 11.9 Å². The highest BCUT2D eigenvalue weighted by molar-refractivity contribution is 6.09. The van der Waals surface area contributed by atoms with Gasteiger partial charge in [0, 0.05) is 17.3 Å². The summed E-state index contributed by atoms with van der Waals surface area (Å²) in [4.78, 5) is 40.6. The number of hydrogen-bond acceptors (Lipinski definition) is 5. The van der Waals surface area contributed by atoms with E-state index in [0.717, 1.165) is 25.7 Å². The van der Waals surface area contributed by atoms with Crippen LogP contribution in [0.4, 0.5) is 5.69 Å². The van der Waals surface area contributed by atoms with Gasteiger partial charge in [-0.1, -0.05) is 25.0 Å². The molecule has 34 heavy (non-hydrogen) atoms. The molecule has 1 N–H and O–H groups in total. The van der Waals surface area contributed by atoms with Crippen molar-refractivity contribution in [2.45, 2.75) is 44.7 Å². The van der Waals surface area contributed by atoms with Gasteiger partial charge >= 0.3 is 0 Å². The molecule has 1 fully saturated rings. The molecule has 1 unspecified atom stereocenters. The first kappa shape index (κ1) is 23.3. The predicted molar refractivity (Wildman–Crippen MR) is 128 cm³/mol. The molecule has 0 aliphatic heterocycles. The lowest BCUT2D eigenvalue weighted by molar-refractivity contribution is -0.123. The van der Waals surface area contributed by atoms with Crippen LogP contribution in [-0.4, -0.2) is 30.7 Å². The topological polar surface area (TPSA) is 88.8 Å². The fourth-order valence-electron chi connectivity index (χ4n) is 4.34. The van der Waals surface area contributed by atoms with Crippen LogP contribution < -0.4 is 15.0 Å². The average molecular weight is 461 g/mol. The van der Waals surface area contributed by atoms with E-state index in [4.69, 9.17) is 9.15 Å². The van der Waals surface area contributed by atoms with Crippen molar-refractivity contribution < 1.29 is 23.5 Å². The van der Waals surface area contributed by atoms with Gasteiger partial charge in [-0.15, -0.1) is 0 Å². The quantitative estimate of drug-likeness (QED) is 0.481. The molecule has 2 amide bonds. The maximum atomic E-state index is 13.7. The molecule has 4 rings (SSSR count). The molecule has 0 bridgehead atoms. The van der Waals surface area contributed by atoms with Gasteiger partial charge in [-0.2, -0.15) is 0 Å². The number of methoxy groups -OCH3 is 1. The molecular weight excluding hydrogens is 432 g/mol. The number of Topliss-reactive ketones (excluding diaryl/α,β-unsaturated/α-hetero) is 1. The summed E-state index contributed by atoms with van der Waals surface area (Å²) in [5.41, 5.74) is 1.59. The summed E-state index contributed by atoms with van der Waals surface area (Å²) >= 11 is 0. The first-order chi connectivity index (χ1) is 16.5. The van der Waals surface area contributed by atoms with Crippen molar-refractivity contribution in [3.8, 4) is 5.75 Å². The summed E-state index contributed by atoms with van der Waals surface area (Å²) < 4.78 is 10.8. The zero-order valence-corrected chi connectivity index (χ0v) is 19.3. The van der Waals surface area contributed by atoms with E-state index in [-0.39, 0.29) is 23.5 Å². The minimum atomic E-state index is -0.975. The Labute approximate surface area is 198 Å². The van der Waals surface area contributed by atoms with Crippen LogP contribution in [0.15, 0.2) is 71.3 Å². The Morgan fingerprint density at radius 1 is 1.03 bits per heavy atom. The number of amides is 2. The maximum Gasteiger partial charge on any atom is 0.294 e. The molecule has 1 aliphatic rings. The Morgan fingerprint density at radius 3 is 2.38 bits per heavy atom. The Kier molecular flexibility index (Phi) is 7.11. The van der Waals surface area contributed by atoms with Gasteiger partial charge in [-0.3, -0.25) is 19.3 Å². The number of furan rings is 1. The Morgan fingerprint density at radius 2 is 1.76 bits per heavy atom. The number of nitrogens with zero attached hydrogens (tertiary/aromatic N) is 1. The molecule has 2 aromatic carbocycles. The van der Waals surface area contributed by atoms with Gasteiger partial charge in [0.05, 0.1) is 13.4 Å². The summed E-state index contributed by atoms with van der Waals surface area (Å²) in [5.74, 6) is -0.143. The lowest BCUT2D eigenvalue weighted by Crippen LogP contribution is -2.46. The number of carbonyl (C=O) groups is 3. The highest BCUT2D eigenvalue weighted by Gasteiger charge is 2.36. The number of hydrogen-bond donors (Lipinski definition) is 1. The average Bonchev–Trinajstić information content (AvgIpc) is 3.57. The van der Waals surface area contributed by atoms with Crippen LogP contribution in [0.25, 0.3) is 0 Å². The molecule has 0 radical (unpaired) electrons. The van der Waals surface area contributed by atoms with Crippen molar-refractivity contribution in [2.75, 3.05) is 12.0 Å². The lowest BCUT2D eigenvalue weighted by atomic mass is 10.0. The molecule has 176 valence electrons. The van der Waals surface area contributed by atoms with Crippen molar-refractivity contribution in [3.63, 3.8) is 0 Å². The van der Waals surface area contributed by atoms with Gasteiger partial charge in [0.2, 0.25) is 5.91 Å². The van der Waals surface area contributed by atoms with E-state index in [1.165, 1.54) is 18.1 Å². The number of carbonyl (C=O) groups excluding carboxylic acids is 3. The Bertz CT molecular complexity index is 1150. The molecular formula is C27H28N2O5. The number of ketones is 1. The fourth-order valence-corrected chi connectivity index (χ4v) is 4.34. The standard InChI is InChI=1S/C27H28N2O5/c1-18(30)19-12-14-22(15-13-19)29(27(32)24-11-6-16-34-24)25(20-7-5-10-23(17-20)33-2)26(31)28-21-8-3-4-9-21/h5-7,10-17,21,25H,3-4,8-9H2,1-2H3,(H,28,31). The molecule has 7 nitrogen and oxygen atoms in total. The second-order valence-electron chi connectivity index (χ2n) is 8.42. The lowest BCUT2D eigenvalue weighted by Gasteiger charge is -2.32. The normalized spacial score (nSPS) is 14.4. The van der Waals surface area contributed by atoms with Gasteiger partial charge in [-0.05, 0) is 73.9 Å². The molecule has 3 aromatic rings. The summed E-state index contributed by atoms with van der Waals surface area (Å²) in [6.45, 7) is 1.48. The van der Waals surface area contributed by atoms with E-state index in [1.54, 1.807) is 67.8 Å². The number of nitrogens with one attached hydrogen (secondary N) is 1. The van der Waals surface area contributed by atoms with Crippen molar-refractivity contribution in [1.82, 2.24) is 5.32 Å². The third-order valence-electron chi connectivity index (χ3n) is 6.12. The van der Waals surface area contributed by atoms with Crippen LogP contribution in [-0.2, 0) is 4.79 Å². The molecule has 1 heterocycles. The summed E-state index contributed by atoms with van der Waals surface area (Å²) in [7, 11) is 1.55. The van der Waals surface area contributed by atoms with E-state index in [9.17, 15) is 14.4 Å². The fraction of sp³-hybridized carbons (Fsp3) is 0.296. The third-order valence-corrected chi connectivity index (χ3v) is 6.12. The summed E-state index contributed by atoms with van der Waals surface area (Å²) in [6, 6.07) is 16.1. The molecule has 1 saturated carbocycles. The van der Waals surface area contributed by atoms with Crippen molar-refractivity contribution in [1.29, 1.82) is 0 Å². The van der Waals surface area contributed by atoms with Crippen LogP contribution in [0.2, 0.25) is 0 Å². The minimum absolute atomic E-state index is 0.0706. The van der Waals surface area contributed by atoms with E-state index in [2.05, 4.69) is 5.32 Å². The number of rotatable bonds is 8. The first-order valence-electron chi connectivity index (χ1n) is 11.4. The van der Waals surface area contributed by atoms with Crippen LogP contribution in [0.3, 0.4) is 0 Å². The largest absolute Gasteiger partial charge is 0.497 e. The molecule has 1 aromatic heterocycles. The van der Waals surface area contributed by atoms with Crippen LogP contribution in [0.1, 0.15) is 65.1 Å². The smallest absolute Gasteiger partial charge is 0.294 e. The molecule has 1 aliphatic carbocycles. The molecule has 0 spiro atoms. The van der Waals surface area contributed by atoms with Crippen molar-refractivity contribution in [2.24, 2.45) is 0 Å². The first-order valence-corrected chi connectivity index (χ1v) is 11.4. The van der Waals surface area contributed by atoms with Crippen LogP contribution in [0.5, 0.6) is 5.75 Å². The minimum Gasteiger partial charge on any atom is -0.497 e.